The summed E-state index contributed by atoms with van der Waals surface area (Å²) >= 11 is 0. The number of nitrogens with zero attached hydrogens (tertiary/aromatic N) is 4. The molecule has 1 saturated carbocycles. The summed E-state index contributed by atoms with van der Waals surface area (Å²) in [7, 11) is 0. The molecule has 1 aromatic carbocycles. The molecule has 3 aromatic rings. The molecule has 2 aromatic heterocycles. The summed E-state index contributed by atoms with van der Waals surface area (Å²) in [6.07, 6.45) is 9.57. The molecule has 0 aliphatic heterocycles. The van der Waals surface area contributed by atoms with Crippen LogP contribution in [-0.2, 0) is 10.2 Å². The van der Waals surface area contributed by atoms with Gasteiger partial charge in [0.15, 0.2) is 0 Å². The molecule has 4 rings (SSSR count). The van der Waals surface area contributed by atoms with E-state index in [9.17, 15) is 10.1 Å². The van der Waals surface area contributed by atoms with Crippen molar-refractivity contribution in [3.63, 3.8) is 0 Å². The van der Waals surface area contributed by atoms with Gasteiger partial charge >= 0.3 is 0 Å². The lowest BCUT2D eigenvalue weighted by atomic mass is 9.72. The number of allylic oxidation sites excluding steroid dienone is 1. The van der Waals surface area contributed by atoms with Gasteiger partial charge in [-0.25, -0.2) is 4.68 Å². The fourth-order valence-corrected chi connectivity index (χ4v) is 4.21. The van der Waals surface area contributed by atoms with E-state index in [1.165, 1.54) is 5.56 Å². The third kappa shape index (κ3) is 4.73. The van der Waals surface area contributed by atoms with Gasteiger partial charge in [-0.3, -0.25) is 9.78 Å². The minimum Gasteiger partial charge on any atom is -0.354 e. The fourth-order valence-electron chi connectivity index (χ4n) is 4.21. The Labute approximate surface area is 195 Å². The molecular weight excluding hydrogens is 410 g/mol. The number of benzene rings is 1. The molecule has 1 aliphatic carbocycles. The highest BCUT2D eigenvalue weighted by Gasteiger charge is 2.37. The third-order valence-corrected chi connectivity index (χ3v) is 6.41. The first-order chi connectivity index (χ1) is 15.9. The maximum atomic E-state index is 11.6. The summed E-state index contributed by atoms with van der Waals surface area (Å²) in [5.74, 6) is 0.725. The minimum absolute atomic E-state index is 0.230. The van der Waals surface area contributed by atoms with Crippen LogP contribution in [0.3, 0.4) is 0 Å². The Bertz CT molecular complexity index is 1190. The molecule has 0 unspecified atom stereocenters. The zero-order valence-electron chi connectivity index (χ0n) is 19.4. The largest absolute Gasteiger partial charge is 0.354 e. The number of ketones is 1. The van der Waals surface area contributed by atoms with Crippen molar-refractivity contribution < 1.29 is 4.79 Å². The normalized spacial score (nSPS) is 16.0. The molecule has 0 amide bonds. The zero-order valence-corrected chi connectivity index (χ0v) is 19.4. The lowest BCUT2D eigenvalue weighted by Crippen LogP contribution is -2.31. The second kappa shape index (κ2) is 9.41. The fraction of sp³-hybridized carbons (Fsp3) is 0.333. The molecule has 33 heavy (non-hydrogen) atoms. The van der Waals surface area contributed by atoms with Crippen LogP contribution in [0.5, 0.6) is 0 Å². The Morgan fingerprint density at radius 1 is 1.15 bits per heavy atom. The highest BCUT2D eigenvalue weighted by atomic mass is 16.1. The van der Waals surface area contributed by atoms with Gasteiger partial charge in [0, 0.05) is 30.3 Å². The van der Waals surface area contributed by atoms with Crippen LogP contribution in [0.4, 0.5) is 5.69 Å². The van der Waals surface area contributed by atoms with Gasteiger partial charge in [0.05, 0.1) is 35.5 Å². The number of hydrogen-bond donors (Lipinski definition) is 1. The van der Waals surface area contributed by atoms with Gasteiger partial charge in [0.2, 0.25) is 0 Å². The third-order valence-electron chi connectivity index (χ3n) is 6.41. The van der Waals surface area contributed by atoms with Gasteiger partial charge in [0.25, 0.3) is 0 Å². The van der Waals surface area contributed by atoms with E-state index in [0.717, 1.165) is 28.3 Å². The second-order valence-electron chi connectivity index (χ2n) is 8.91. The van der Waals surface area contributed by atoms with Crippen molar-refractivity contribution in [3.05, 3.63) is 77.9 Å². The standard InChI is InChI=1S/C27H29N5O/c1-4-25(21-15-30-32(17-21)23-8-5-20(6-9-23)19(2)3)31-22-7-10-26(29-16-22)27(18-28)13-11-24(33)12-14-27/h4-10,15-17,19,31H,11-14H2,1-3H3. The number of nitriles is 1. The zero-order chi connectivity index (χ0) is 23.4. The first-order valence-electron chi connectivity index (χ1n) is 11.4. The number of anilines is 1. The summed E-state index contributed by atoms with van der Waals surface area (Å²) in [6.45, 7) is 6.34. The maximum absolute atomic E-state index is 11.6. The molecule has 6 nitrogen and oxygen atoms in total. The number of nitrogens with one attached hydrogen (secondary N) is 1. The van der Waals surface area contributed by atoms with Crippen LogP contribution >= 0.6 is 0 Å². The first kappa shape index (κ1) is 22.5. The van der Waals surface area contributed by atoms with Gasteiger partial charge in [-0.1, -0.05) is 32.1 Å². The molecule has 168 valence electrons. The summed E-state index contributed by atoms with van der Waals surface area (Å²) < 4.78 is 1.87. The van der Waals surface area contributed by atoms with Gasteiger partial charge in [-0.05, 0) is 55.5 Å². The summed E-state index contributed by atoms with van der Waals surface area (Å²) in [5.41, 5.74) is 5.11. The monoisotopic (exact) mass is 439 g/mol. The number of carbonyl (C=O) groups excluding carboxylic acids is 1. The van der Waals surface area contributed by atoms with Crippen molar-refractivity contribution in [2.75, 3.05) is 5.32 Å². The molecule has 1 aliphatic rings. The van der Waals surface area contributed by atoms with Crippen molar-refractivity contribution in [1.82, 2.24) is 14.8 Å². The Kier molecular flexibility index (Phi) is 6.41. The smallest absolute Gasteiger partial charge is 0.133 e. The second-order valence-corrected chi connectivity index (χ2v) is 8.91. The van der Waals surface area contributed by atoms with Crippen molar-refractivity contribution in [3.8, 4) is 11.8 Å². The quantitative estimate of drug-likeness (QED) is 0.527. The molecule has 1 N–H and O–H groups in total. The number of carbonyl (C=O) groups is 1. The van der Waals surface area contributed by atoms with Crippen molar-refractivity contribution in [1.29, 1.82) is 5.26 Å². The average Bonchev–Trinajstić information content (AvgIpc) is 3.34. The van der Waals surface area contributed by atoms with E-state index in [1.807, 2.05) is 42.2 Å². The van der Waals surface area contributed by atoms with Crippen LogP contribution < -0.4 is 5.32 Å². The van der Waals surface area contributed by atoms with E-state index >= 15 is 0 Å². The van der Waals surface area contributed by atoms with Gasteiger partial charge < -0.3 is 5.32 Å². The Hall–Kier alpha value is -3.72. The molecule has 0 spiro atoms. The van der Waals surface area contributed by atoms with Gasteiger partial charge in [-0.2, -0.15) is 10.4 Å². The Balaban J connectivity index is 1.49. The number of hydrogen-bond acceptors (Lipinski definition) is 5. The molecule has 0 radical (unpaired) electrons. The highest BCUT2D eigenvalue weighted by molar-refractivity contribution is 5.80. The predicted molar refractivity (Wildman–Crippen MR) is 130 cm³/mol. The van der Waals surface area contributed by atoms with Crippen LogP contribution in [0.1, 0.15) is 69.2 Å². The number of pyridine rings is 1. The lowest BCUT2D eigenvalue weighted by molar-refractivity contribution is -0.121. The van der Waals surface area contributed by atoms with Crippen molar-refractivity contribution in [2.45, 2.75) is 57.8 Å². The van der Waals surface area contributed by atoms with E-state index in [0.29, 0.717) is 31.6 Å². The van der Waals surface area contributed by atoms with Gasteiger partial charge in [-0.15, -0.1) is 0 Å². The molecular formula is C27H29N5O. The Morgan fingerprint density at radius 2 is 1.88 bits per heavy atom. The maximum Gasteiger partial charge on any atom is 0.133 e. The number of Topliss-reactive ketones (excluding diaryl/α,β-unsaturated/α-hetero) is 1. The molecule has 6 heteroatoms. The summed E-state index contributed by atoms with van der Waals surface area (Å²) in [5, 5.41) is 17.7. The molecule has 2 heterocycles. The van der Waals surface area contributed by atoms with Crippen LogP contribution in [0.15, 0.2) is 61.1 Å². The van der Waals surface area contributed by atoms with Crippen molar-refractivity contribution >= 4 is 17.2 Å². The van der Waals surface area contributed by atoms with Crippen LogP contribution in [0.25, 0.3) is 11.4 Å². The number of rotatable bonds is 6. The number of aromatic nitrogens is 3. The topological polar surface area (TPSA) is 83.6 Å². The van der Waals surface area contributed by atoms with E-state index in [-0.39, 0.29) is 5.78 Å². The van der Waals surface area contributed by atoms with E-state index in [1.54, 1.807) is 6.20 Å². The van der Waals surface area contributed by atoms with Crippen LogP contribution in [-0.4, -0.2) is 20.5 Å². The van der Waals surface area contributed by atoms with E-state index in [2.05, 4.69) is 59.6 Å². The van der Waals surface area contributed by atoms with E-state index < -0.39 is 5.41 Å². The molecule has 0 bridgehead atoms. The summed E-state index contributed by atoms with van der Waals surface area (Å²) in [6, 6.07) is 14.7. The molecule has 0 atom stereocenters. The van der Waals surface area contributed by atoms with E-state index in [4.69, 9.17) is 0 Å². The molecule has 1 fully saturated rings. The van der Waals surface area contributed by atoms with Crippen molar-refractivity contribution in [2.24, 2.45) is 0 Å². The lowest BCUT2D eigenvalue weighted by Gasteiger charge is -2.29. The summed E-state index contributed by atoms with van der Waals surface area (Å²) in [4.78, 5) is 16.2. The Morgan fingerprint density at radius 3 is 2.45 bits per heavy atom. The SMILES string of the molecule is CC=C(Nc1ccc(C2(C#N)CCC(=O)CC2)nc1)c1cnn(-c2ccc(C(C)C)cc2)c1. The minimum atomic E-state index is -0.665. The first-order valence-corrected chi connectivity index (χ1v) is 11.4. The van der Waals surface area contributed by atoms with Crippen LogP contribution in [0.2, 0.25) is 0 Å². The van der Waals surface area contributed by atoms with Gasteiger partial charge in [0.1, 0.15) is 11.2 Å². The molecule has 0 saturated heterocycles. The average molecular weight is 440 g/mol. The predicted octanol–water partition coefficient (Wildman–Crippen LogP) is 5.77. The highest BCUT2D eigenvalue weighted by Crippen LogP contribution is 2.37. The van der Waals surface area contributed by atoms with Crippen LogP contribution in [0, 0.1) is 11.3 Å².